The van der Waals surface area contributed by atoms with Crippen molar-refractivity contribution in [2.75, 3.05) is 31.2 Å². The fourth-order valence-corrected chi connectivity index (χ4v) is 2.83. The van der Waals surface area contributed by atoms with Crippen LogP contribution in [0, 0.1) is 0 Å². The summed E-state index contributed by atoms with van der Waals surface area (Å²) in [4.78, 5) is 2.38. The lowest BCUT2D eigenvalue weighted by Gasteiger charge is -2.45. The van der Waals surface area contributed by atoms with Crippen LogP contribution in [0.5, 0.6) is 0 Å². The van der Waals surface area contributed by atoms with Crippen LogP contribution in [0.1, 0.15) is 26.3 Å². The maximum Gasteiger partial charge on any atom is 0.0694 e. The minimum absolute atomic E-state index is 0.0236. The third-order valence-corrected chi connectivity index (χ3v) is 3.86. The van der Waals surface area contributed by atoms with Gasteiger partial charge in [0, 0.05) is 13.1 Å². The number of nitrogens with zero attached hydrogens (tertiary/aromatic N) is 1. The highest BCUT2D eigenvalue weighted by atomic mass is 35.5. The zero-order chi connectivity index (χ0) is 13.9. The van der Waals surface area contributed by atoms with E-state index < -0.39 is 0 Å². The molecule has 4 heteroatoms. The highest BCUT2D eigenvalue weighted by Crippen LogP contribution is 2.35. The first-order valence-electron chi connectivity index (χ1n) is 6.90. The van der Waals surface area contributed by atoms with Gasteiger partial charge in [-0.15, -0.1) is 0 Å². The topological polar surface area (TPSA) is 24.5 Å². The summed E-state index contributed by atoms with van der Waals surface area (Å²) in [6.45, 7) is 10.7. The first-order chi connectivity index (χ1) is 9.06. The monoisotopic (exact) mass is 282 g/mol. The van der Waals surface area contributed by atoms with Gasteiger partial charge in [0.2, 0.25) is 0 Å². The van der Waals surface area contributed by atoms with Crippen LogP contribution in [0.3, 0.4) is 0 Å². The Balaban J connectivity index is 2.36. The first kappa shape index (κ1) is 14.6. The molecule has 0 atom stereocenters. The lowest BCUT2D eigenvalue weighted by molar-refractivity contribution is 0.0643. The molecule has 0 saturated carbocycles. The van der Waals surface area contributed by atoms with Gasteiger partial charge in [0.1, 0.15) is 0 Å². The van der Waals surface area contributed by atoms with Crippen molar-refractivity contribution in [3.63, 3.8) is 0 Å². The number of hydrogen-bond acceptors (Lipinski definition) is 3. The zero-order valence-electron chi connectivity index (χ0n) is 12.0. The number of hydrogen-bond donors (Lipinski definition) is 1. The minimum atomic E-state index is -0.0236. The smallest absolute Gasteiger partial charge is 0.0694 e. The summed E-state index contributed by atoms with van der Waals surface area (Å²) in [6, 6.07) is 6.14. The van der Waals surface area contributed by atoms with Crippen LogP contribution >= 0.6 is 11.6 Å². The fourth-order valence-electron chi connectivity index (χ4n) is 2.54. The van der Waals surface area contributed by atoms with E-state index in [4.69, 9.17) is 16.3 Å². The van der Waals surface area contributed by atoms with Gasteiger partial charge >= 0.3 is 0 Å². The molecule has 2 rings (SSSR count). The second kappa shape index (κ2) is 6.12. The molecule has 0 amide bonds. The number of halogens is 1. The SMILES string of the molecule is CCNCc1cccc(Cl)c1N1CCOCC1(C)C. The van der Waals surface area contributed by atoms with E-state index in [-0.39, 0.29) is 5.54 Å². The summed E-state index contributed by atoms with van der Waals surface area (Å²) in [5, 5.41) is 4.21. The molecule has 1 fully saturated rings. The molecule has 0 bridgehead atoms. The van der Waals surface area contributed by atoms with Gasteiger partial charge in [-0.3, -0.25) is 0 Å². The Morgan fingerprint density at radius 1 is 1.42 bits per heavy atom. The molecule has 1 N–H and O–H groups in total. The van der Waals surface area contributed by atoms with Gasteiger partial charge in [-0.1, -0.05) is 30.7 Å². The van der Waals surface area contributed by atoms with Crippen LogP contribution in [0.15, 0.2) is 18.2 Å². The van der Waals surface area contributed by atoms with Crippen molar-refractivity contribution in [1.82, 2.24) is 5.32 Å². The Labute approximate surface area is 120 Å². The summed E-state index contributed by atoms with van der Waals surface area (Å²) >= 11 is 6.46. The van der Waals surface area contributed by atoms with Gasteiger partial charge < -0.3 is 15.0 Å². The van der Waals surface area contributed by atoms with Crippen LogP contribution in [0.2, 0.25) is 5.02 Å². The summed E-state index contributed by atoms with van der Waals surface area (Å²) in [7, 11) is 0. The second-order valence-electron chi connectivity index (χ2n) is 5.54. The van der Waals surface area contributed by atoms with Gasteiger partial charge in [-0.05, 0) is 32.0 Å². The molecule has 1 aliphatic heterocycles. The van der Waals surface area contributed by atoms with Gasteiger partial charge in [0.15, 0.2) is 0 Å². The predicted molar refractivity (Wildman–Crippen MR) is 81.1 cm³/mol. The Bertz CT molecular complexity index is 434. The van der Waals surface area contributed by atoms with E-state index in [1.165, 1.54) is 5.56 Å². The van der Waals surface area contributed by atoms with E-state index >= 15 is 0 Å². The van der Waals surface area contributed by atoms with Crippen LogP contribution < -0.4 is 10.2 Å². The molecule has 0 aromatic heterocycles. The first-order valence-corrected chi connectivity index (χ1v) is 7.27. The molecule has 106 valence electrons. The normalized spacial score (nSPS) is 18.6. The lowest BCUT2D eigenvalue weighted by atomic mass is 9.99. The number of morpholine rings is 1. The molecule has 0 radical (unpaired) electrons. The maximum absolute atomic E-state index is 6.46. The van der Waals surface area contributed by atoms with E-state index in [0.717, 1.165) is 43.6 Å². The molecular formula is C15H23ClN2O. The number of anilines is 1. The van der Waals surface area contributed by atoms with Gasteiger partial charge in [0.05, 0.1) is 29.5 Å². The second-order valence-corrected chi connectivity index (χ2v) is 5.95. The highest BCUT2D eigenvalue weighted by Gasteiger charge is 2.32. The Kier molecular flexibility index (Phi) is 4.71. The Hall–Kier alpha value is -0.770. The minimum Gasteiger partial charge on any atom is -0.377 e. The number of para-hydroxylation sites is 1. The molecule has 19 heavy (non-hydrogen) atoms. The molecule has 1 aliphatic rings. The fraction of sp³-hybridized carbons (Fsp3) is 0.600. The molecule has 1 aromatic carbocycles. The average molecular weight is 283 g/mol. The van der Waals surface area contributed by atoms with Gasteiger partial charge in [-0.2, -0.15) is 0 Å². The zero-order valence-corrected chi connectivity index (χ0v) is 12.8. The number of rotatable bonds is 4. The molecule has 0 aliphatic carbocycles. The van der Waals surface area contributed by atoms with Crippen molar-refractivity contribution in [1.29, 1.82) is 0 Å². The quantitative estimate of drug-likeness (QED) is 0.919. The van der Waals surface area contributed by atoms with Crippen LogP contribution in [0.25, 0.3) is 0 Å². The van der Waals surface area contributed by atoms with Crippen LogP contribution in [-0.2, 0) is 11.3 Å². The van der Waals surface area contributed by atoms with E-state index in [9.17, 15) is 0 Å². The van der Waals surface area contributed by atoms with E-state index in [0.29, 0.717) is 0 Å². The van der Waals surface area contributed by atoms with Crippen molar-refractivity contribution < 1.29 is 4.74 Å². The van der Waals surface area contributed by atoms with Crippen molar-refractivity contribution in [2.24, 2.45) is 0 Å². The summed E-state index contributed by atoms with van der Waals surface area (Å²) in [5.74, 6) is 0. The van der Waals surface area contributed by atoms with Crippen LogP contribution in [0.4, 0.5) is 5.69 Å². The number of nitrogens with one attached hydrogen (secondary N) is 1. The predicted octanol–water partition coefficient (Wildman–Crippen LogP) is 3.06. The number of benzene rings is 1. The molecule has 3 nitrogen and oxygen atoms in total. The molecule has 0 spiro atoms. The third kappa shape index (κ3) is 3.22. The Morgan fingerprint density at radius 3 is 2.89 bits per heavy atom. The van der Waals surface area contributed by atoms with Crippen molar-refractivity contribution in [2.45, 2.75) is 32.9 Å². The average Bonchev–Trinajstić information content (AvgIpc) is 2.37. The van der Waals surface area contributed by atoms with E-state index in [2.05, 4.69) is 37.1 Å². The molecular weight excluding hydrogens is 260 g/mol. The van der Waals surface area contributed by atoms with Crippen molar-refractivity contribution in [3.05, 3.63) is 28.8 Å². The molecule has 0 unspecified atom stereocenters. The van der Waals surface area contributed by atoms with Crippen molar-refractivity contribution >= 4 is 17.3 Å². The standard InChI is InChI=1S/C15H23ClN2O/c1-4-17-10-12-6-5-7-13(16)14(12)18-8-9-19-11-15(18,2)3/h5-7,17H,4,8-11H2,1-3H3. The van der Waals surface area contributed by atoms with E-state index in [1.54, 1.807) is 0 Å². The van der Waals surface area contributed by atoms with Crippen LogP contribution in [-0.4, -0.2) is 31.8 Å². The lowest BCUT2D eigenvalue weighted by Crippen LogP contribution is -2.53. The molecule has 1 heterocycles. The van der Waals surface area contributed by atoms with Gasteiger partial charge in [0.25, 0.3) is 0 Å². The summed E-state index contributed by atoms with van der Waals surface area (Å²) in [5.41, 5.74) is 2.38. The largest absolute Gasteiger partial charge is 0.377 e. The summed E-state index contributed by atoms with van der Waals surface area (Å²) in [6.07, 6.45) is 0. The van der Waals surface area contributed by atoms with Crippen molar-refractivity contribution in [3.8, 4) is 0 Å². The number of ether oxygens (including phenoxy) is 1. The molecule has 1 saturated heterocycles. The molecule has 1 aromatic rings. The Morgan fingerprint density at radius 2 is 2.21 bits per heavy atom. The summed E-state index contributed by atoms with van der Waals surface area (Å²) < 4.78 is 5.60. The third-order valence-electron chi connectivity index (χ3n) is 3.55. The van der Waals surface area contributed by atoms with E-state index in [1.807, 2.05) is 12.1 Å². The highest BCUT2D eigenvalue weighted by molar-refractivity contribution is 6.33. The maximum atomic E-state index is 6.46. The van der Waals surface area contributed by atoms with Gasteiger partial charge in [-0.25, -0.2) is 0 Å².